The number of nitrogens with zero attached hydrogens (tertiary/aromatic N) is 1. The summed E-state index contributed by atoms with van der Waals surface area (Å²) in [7, 11) is 0. The molecule has 1 aliphatic rings. The zero-order valence-electron chi connectivity index (χ0n) is 12.0. The molecular weight excluding hydrogens is 306 g/mol. The Morgan fingerprint density at radius 3 is 2.13 bits per heavy atom. The largest absolute Gasteiger partial charge is 0.289 e. The molecule has 1 aliphatic carbocycles. The van der Waals surface area contributed by atoms with Gasteiger partial charge in [-0.05, 0) is 18.2 Å². The Bertz CT molecular complexity index is 935. The monoisotopic (exact) mass is 317 g/mol. The van der Waals surface area contributed by atoms with Crippen molar-refractivity contribution in [3.63, 3.8) is 0 Å². The van der Waals surface area contributed by atoms with Crippen molar-refractivity contribution in [2.24, 2.45) is 0 Å². The summed E-state index contributed by atoms with van der Waals surface area (Å²) < 4.78 is 0. The smallest absolute Gasteiger partial charge is 0.195 e. The summed E-state index contributed by atoms with van der Waals surface area (Å²) in [6.07, 6.45) is 1.71. The molecule has 4 heteroatoms. The normalized spacial score (nSPS) is 12.7. The molecule has 0 spiro atoms. The second-order valence-electron chi connectivity index (χ2n) is 5.15. The SMILES string of the molecule is O=C1c2ccccc2C(=O)c2c(Sc3ccccn3)cccc21. The van der Waals surface area contributed by atoms with Gasteiger partial charge in [-0.1, -0.05) is 54.2 Å². The lowest BCUT2D eigenvalue weighted by atomic mass is 9.84. The van der Waals surface area contributed by atoms with E-state index < -0.39 is 0 Å². The van der Waals surface area contributed by atoms with Crippen molar-refractivity contribution in [2.45, 2.75) is 9.92 Å². The van der Waals surface area contributed by atoms with Gasteiger partial charge < -0.3 is 0 Å². The quantitative estimate of drug-likeness (QED) is 0.560. The number of pyridine rings is 1. The number of fused-ring (bicyclic) bond motifs is 2. The summed E-state index contributed by atoms with van der Waals surface area (Å²) in [4.78, 5) is 30.6. The molecule has 0 saturated carbocycles. The molecule has 1 aromatic heterocycles. The third-order valence-electron chi connectivity index (χ3n) is 3.77. The number of hydrogen-bond acceptors (Lipinski definition) is 4. The maximum atomic E-state index is 12.9. The van der Waals surface area contributed by atoms with Crippen LogP contribution in [0.15, 0.2) is 76.8 Å². The van der Waals surface area contributed by atoms with Crippen molar-refractivity contribution in [3.05, 3.63) is 89.1 Å². The van der Waals surface area contributed by atoms with Crippen LogP contribution in [0.2, 0.25) is 0 Å². The molecule has 0 atom stereocenters. The number of rotatable bonds is 2. The van der Waals surface area contributed by atoms with Crippen LogP contribution < -0.4 is 0 Å². The van der Waals surface area contributed by atoms with Crippen LogP contribution in [0.4, 0.5) is 0 Å². The zero-order valence-corrected chi connectivity index (χ0v) is 12.8. The molecule has 0 amide bonds. The fraction of sp³-hybridized carbons (Fsp3) is 0. The van der Waals surface area contributed by atoms with Gasteiger partial charge in [-0.2, -0.15) is 0 Å². The van der Waals surface area contributed by atoms with Gasteiger partial charge in [0.15, 0.2) is 11.6 Å². The molecular formula is C19H11NO2S. The maximum Gasteiger partial charge on any atom is 0.195 e. The lowest BCUT2D eigenvalue weighted by molar-refractivity contribution is 0.0977. The van der Waals surface area contributed by atoms with E-state index in [4.69, 9.17) is 0 Å². The first-order valence-electron chi connectivity index (χ1n) is 7.16. The van der Waals surface area contributed by atoms with Crippen molar-refractivity contribution >= 4 is 23.3 Å². The lowest BCUT2D eigenvalue weighted by Gasteiger charge is -2.19. The van der Waals surface area contributed by atoms with Gasteiger partial charge in [0.1, 0.15) is 5.03 Å². The molecule has 2 aromatic carbocycles. The summed E-state index contributed by atoms with van der Waals surface area (Å²) in [5.41, 5.74) is 1.89. The number of benzene rings is 2. The van der Waals surface area contributed by atoms with Crippen molar-refractivity contribution in [1.29, 1.82) is 0 Å². The van der Waals surface area contributed by atoms with E-state index in [1.54, 1.807) is 36.5 Å². The van der Waals surface area contributed by atoms with Crippen LogP contribution in [0.25, 0.3) is 0 Å². The zero-order chi connectivity index (χ0) is 15.8. The van der Waals surface area contributed by atoms with E-state index in [-0.39, 0.29) is 11.6 Å². The van der Waals surface area contributed by atoms with Crippen molar-refractivity contribution < 1.29 is 9.59 Å². The predicted octanol–water partition coefficient (Wildman–Crippen LogP) is 4.01. The first-order chi connectivity index (χ1) is 11.3. The van der Waals surface area contributed by atoms with E-state index in [0.29, 0.717) is 22.3 Å². The molecule has 1 heterocycles. The molecule has 4 rings (SSSR count). The fourth-order valence-corrected chi connectivity index (χ4v) is 3.66. The molecule has 3 aromatic rings. The highest BCUT2D eigenvalue weighted by atomic mass is 32.2. The minimum atomic E-state index is -0.103. The van der Waals surface area contributed by atoms with Gasteiger partial charge in [0.2, 0.25) is 0 Å². The van der Waals surface area contributed by atoms with E-state index >= 15 is 0 Å². The number of carbonyl (C=O) groups is 2. The van der Waals surface area contributed by atoms with Crippen LogP contribution in [-0.2, 0) is 0 Å². The molecule has 0 fully saturated rings. The molecule has 0 N–H and O–H groups in total. The topological polar surface area (TPSA) is 47.0 Å². The molecule has 0 radical (unpaired) electrons. The number of ketones is 2. The Balaban J connectivity index is 1.87. The number of carbonyl (C=O) groups excluding carboxylic acids is 2. The van der Waals surface area contributed by atoms with Crippen molar-refractivity contribution in [1.82, 2.24) is 4.98 Å². The molecule has 0 aliphatic heterocycles. The van der Waals surface area contributed by atoms with E-state index in [2.05, 4.69) is 4.98 Å². The van der Waals surface area contributed by atoms with E-state index in [9.17, 15) is 9.59 Å². The molecule has 0 bridgehead atoms. The molecule has 0 unspecified atom stereocenters. The highest BCUT2D eigenvalue weighted by Crippen LogP contribution is 2.36. The molecule has 0 saturated heterocycles. The lowest BCUT2D eigenvalue weighted by Crippen LogP contribution is -2.21. The van der Waals surface area contributed by atoms with Crippen LogP contribution in [0.3, 0.4) is 0 Å². The van der Waals surface area contributed by atoms with Crippen molar-refractivity contribution in [3.8, 4) is 0 Å². The Morgan fingerprint density at radius 1 is 0.696 bits per heavy atom. The highest BCUT2D eigenvalue weighted by molar-refractivity contribution is 7.99. The first kappa shape index (κ1) is 13.9. The summed E-state index contributed by atoms with van der Waals surface area (Å²) in [6.45, 7) is 0. The highest BCUT2D eigenvalue weighted by Gasteiger charge is 2.31. The Hall–Kier alpha value is -2.72. The first-order valence-corrected chi connectivity index (χ1v) is 7.97. The molecule has 3 nitrogen and oxygen atoms in total. The van der Waals surface area contributed by atoms with Crippen LogP contribution >= 0.6 is 11.8 Å². The second kappa shape index (κ2) is 5.48. The van der Waals surface area contributed by atoms with E-state index in [1.807, 2.05) is 30.3 Å². The van der Waals surface area contributed by atoms with Gasteiger partial charge in [-0.25, -0.2) is 4.98 Å². The summed E-state index contributed by atoms with van der Waals surface area (Å²) in [5.74, 6) is -0.201. The van der Waals surface area contributed by atoms with E-state index in [1.165, 1.54) is 11.8 Å². The van der Waals surface area contributed by atoms with Gasteiger partial charge in [0.25, 0.3) is 0 Å². The maximum absolute atomic E-state index is 12.9. The minimum Gasteiger partial charge on any atom is -0.289 e. The summed E-state index contributed by atoms with van der Waals surface area (Å²) in [5, 5.41) is 0.792. The van der Waals surface area contributed by atoms with Gasteiger partial charge in [0, 0.05) is 33.3 Å². The van der Waals surface area contributed by atoms with Crippen LogP contribution in [0.5, 0.6) is 0 Å². The predicted molar refractivity (Wildman–Crippen MR) is 88.1 cm³/mol. The Kier molecular flexibility index (Phi) is 3.32. The van der Waals surface area contributed by atoms with Crippen LogP contribution in [0.1, 0.15) is 31.8 Å². The number of aromatic nitrogens is 1. The van der Waals surface area contributed by atoms with Crippen LogP contribution in [-0.4, -0.2) is 16.6 Å². The van der Waals surface area contributed by atoms with E-state index in [0.717, 1.165) is 9.92 Å². The van der Waals surface area contributed by atoms with Gasteiger partial charge in [0.05, 0.1) is 0 Å². The molecule has 23 heavy (non-hydrogen) atoms. The Morgan fingerprint density at radius 2 is 1.39 bits per heavy atom. The Labute approximate surface area is 137 Å². The molecule has 110 valence electrons. The summed E-state index contributed by atoms with van der Waals surface area (Å²) >= 11 is 1.40. The van der Waals surface area contributed by atoms with Gasteiger partial charge >= 0.3 is 0 Å². The fourth-order valence-electron chi connectivity index (χ4n) is 2.72. The van der Waals surface area contributed by atoms with Crippen molar-refractivity contribution in [2.75, 3.05) is 0 Å². The number of hydrogen-bond donors (Lipinski definition) is 0. The van der Waals surface area contributed by atoms with Crippen LogP contribution in [0, 0.1) is 0 Å². The average molecular weight is 317 g/mol. The standard InChI is InChI=1S/C19H11NO2S/c21-18-12-6-1-2-7-13(12)19(22)17-14(18)8-5-9-15(17)23-16-10-3-4-11-20-16/h1-11H. The van der Waals surface area contributed by atoms with Gasteiger partial charge in [-0.3, -0.25) is 9.59 Å². The van der Waals surface area contributed by atoms with Gasteiger partial charge in [-0.15, -0.1) is 0 Å². The summed E-state index contributed by atoms with van der Waals surface area (Å²) in [6, 6.07) is 18.0. The second-order valence-corrected chi connectivity index (χ2v) is 6.21. The third kappa shape index (κ3) is 2.28. The third-order valence-corrected chi connectivity index (χ3v) is 4.78. The average Bonchev–Trinajstić information content (AvgIpc) is 2.60. The minimum absolute atomic E-state index is 0.0985.